The topological polar surface area (TPSA) is 48.3 Å². The van der Waals surface area contributed by atoms with Crippen molar-refractivity contribution in [2.45, 2.75) is 13.3 Å². The monoisotopic (exact) mass is 397 g/mol. The zero-order valence-electron chi connectivity index (χ0n) is 16.8. The summed E-state index contributed by atoms with van der Waals surface area (Å²) in [5, 5.41) is 1.13. The van der Waals surface area contributed by atoms with Gasteiger partial charge in [0.25, 0.3) is 0 Å². The molecule has 0 bridgehead atoms. The molecule has 1 aromatic heterocycles. The third-order valence-corrected chi connectivity index (χ3v) is 5.22. The number of carbonyl (C=O) groups excluding carboxylic acids is 2. The molecule has 0 fully saturated rings. The lowest BCUT2D eigenvalue weighted by Crippen LogP contribution is -2.28. The summed E-state index contributed by atoms with van der Waals surface area (Å²) >= 11 is 0. The van der Waals surface area contributed by atoms with Gasteiger partial charge in [-0.15, -0.1) is 0 Å². The highest BCUT2D eigenvalue weighted by molar-refractivity contribution is 6.08. The van der Waals surface area contributed by atoms with Crippen molar-refractivity contribution in [3.63, 3.8) is 0 Å². The Kier molecular flexibility index (Phi) is 5.75. The highest BCUT2D eigenvalue weighted by Crippen LogP contribution is 2.26. The van der Waals surface area contributed by atoms with E-state index < -0.39 is 11.9 Å². The SMILES string of the molecule is CCOC(=O)C(Cc1ccccc1-n1ccc2ccccc21)C(=O)c1ccccc1. The molecule has 150 valence electrons. The second-order valence-electron chi connectivity index (χ2n) is 7.11. The molecule has 0 aliphatic carbocycles. The Labute approximate surface area is 175 Å². The smallest absolute Gasteiger partial charge is 0.317 e. The van der Waals surface area contributed by atoms with E-state index in [0.717, 1.165) is 22.2 Å². The average Bonchev–Trinajstić information content (AvgIpc) is 3.22. The zero-order valence-corrected chi connectivity index (χ0v) is 16.8. The lowest BCUT2D eigenvalue weighted by molar-refractivity contribution is -0.146. The molecule has 0 aliphatic rings. The van der Waals surface area contributed by atoms with Crippen molar-refractivity contribution < 1.29 is 14.3 Å². The Bertz CT molecular complexity index is 1180. The molecule has 4 heteroatoms. The van der Waals surface area contributed by atoms with E-state index in [1.165, 1.54) is 0 Å². The predicted octanol–water partition coefficient (Wildman–Crippen LogP) is 5.24. The van der Waals surface area contributed by atoms with Gasteiger partial charge in [-0.05, 0) is 42.5 Å². The number of ketones is 1. The van der Waals surface area contributed by atoms with Gasteiger partial charge >= 0.3 is 5.97 Å². The lowest BCUT2D eigenvalue weighted by atomic mass is 9.90. The van der Waals surface area contributed by atoms with E-state index in [1.807, 2.05) is 48.7 Å². The molecule has 4 rings (SSSR count). The Hall–Kier alpha value is -3.66. The minimum atomic E-state index is -0.893. The molecule has 0 spiro atoms. The number of rotatable bonds is 7. The van der Waals surface area contributed by atoms with Gasteiger partial charge in [-0.25, -0.2) is 0 Å². The number of benzene rings is 3. The molecule has 4 nitrogen and oxygen atoms in total. The van der Waals surface area contributed by atoms with E-state index in [2.05, 4.69) is 22.8 Å². The van der Waals surface area contributed by atoms with Gasteiger partial charge < -0.3 is 9.30 Å². The highest BCUT2D eigenvalue weighted by atomic mass is 16.5. The minimum Gasteiger partial charge on any atom is -0.465 e. The van der Waals surface area contributed by atoms with Gasteiger partial charge in [0.1, 0.15) is 5.92 Å². The molecule has 0 saturated carbocycles. The number of aromatic nitrogens is 1. The molecule has 0 aliphatic heterocycles. The molecular formula is C26H23NO3. The van der Waals surface area contributed by atoms with Crippen LogP contribution in [0, 0.1) is 5.92 Å². The molecular weight excluding hydrogens is 374 g/mol. The molecule has 4 aromatic rings. The van der Waals surface area contributed by atoms with Gasteiger partial charge in [-0.2, -0.15) is 0 Å². The molecule has 1 heterocycles. The van der Waals surface area contributed by atoms with Crippen molar-refractivity contribution in [1.82, 2.24) is 4.57 Å². The molecule has 1 atom stereocenters. The summed E-state index contributed by atoms with van der Waals surface area (Å²) in [7, 11) is 0. The van der Waals surface area contributed by atoms with Crippen molar-refractivity contribution in [3.05, 3.63) is 102 Å². The summed E-state index contributed by atoms with van der Waals surface area (Å²) in [6.07, 6.45) is 2.29. The summed E-state index contributed by atoms with van der Waals surface area (Å²) in [4.78, 5) is 25.9. The zero-order chi connectivity index (χ0) is 20.9. The number of para-hydroxylation sites is 2. The second-order valence-corrected chi connectivity index (χ2v) is 7.11. The Morgan fingerprint density at radius 1 is 0.867 bits per heavy atom. The number of esters is 1. The molecule has 30 heavy (non-hydrogen) atoms. The van der Waals surface area contributed by atoms with Gasteiger partial charge in [0.2, 0.25) is 0 Å². The van der Waals surface area contributed by atoms with Crippen molar-refractivity contribution in [1.29, 1.82) is 0 Å². The summed E-state index contributed by atoms with van der Waals surface area (Å²) in [5.74, 6) is -1.60. The van der Waals surface area contributed by atoms with Crippen LogP contribution in [0.5, 0.6) is 0 Å². The van der Waals surface area contributed by atoms with Gasteiger partial charge in [-0.1, -0.05) is 66.7 Å². The van der Waals surface area contributed by atoms with Crippen molar-refractivity contribution >= 4 is 22.7 Å². The summed E-state index contributed by atoms with van der Waals surface area (Å²) in [5.41, 5.74) is 3.46. The third-order valence-electron chi connectivity index (χ3n) is 5.22. The standard InChI is InChI=1S/C26H23NO3/c1-2-30-26(29)22(25(28)20-11-4-3-5-12-20)18-21-13-7-9-15-24(21)27-17-16-19-10-6-8-14-23(19)27/h3-17,22H,2,18H2,1H3. The third kappa shape index (κ3) is 3.90. The van der Waals surface area contributed by atoms with E-state index in [1.54, 1.807) is 31.2 Å². The highest BCUT2D eigenvalue weighted by Gasteiger charge is 2.30. The normalized spacial score (nSPS) is 11.9. The second kappa shape index (κ2) is 8.78. The van der Waals surface area contributed by atoms with Crippen LogP contribution in [0.2, 0.25) is 0 Å². The van der Waals surface area contributed by atoms with Crippen LogP contribution in [0.4, 0.5) is 0 Å². The van der Waals surface area contributed by atoms with E-state index in [0.29, 0.717) is 5.56 Å². The lowest BCUT2D eigenvalue weighted by Gasteiger charge is -2.18. The van der Waals surface area contributed by atoms with Crippen LogP contribution >= 0.6 is 0 Å². The van der Waals surface area contributed by atoms with Gasteiger partial charge in [0, 0.05) is 17.4 Å². The first-order valence-electron chi connectivity index (χ1n) is 10.1. The van der Waals surface area contributed by atoms with Crippen LogP contribution in [-0.4, -0.2) is 22.9 Å². The van der Waals surface area contributed by atoms with Crippen molar-refractivity contribution in [2.24, 2.45) is 5.92 Å². The molecule has 0 radical (unpaired) electrons. The van der Waals surface area contributed by atoms with Crippen LogP contribution in [0.3, 0.4) is 0 Å². The average molecular weight is 397 g/mol. The first-order valence-corrected chi connectivity index (χ1v) is 10.1. The number of ether oxygens (including phenoxy) is 1. The van der Waals surface area contributed by atoms with Crippen LogP contribution in [0.15, 0.2) is 91.1 Å². The first kappa shape index (κ1) is 19.6. The minimum absolute atomic E-state index is 0.221. The van der Waals surface area contributed by atoms with Crippen LogP contribution in [0.25, 0.3) is 16.6 Å². The Morgan fingerprint density at radius 3 is 2.37 bits per heavy atom. The summed E-state index contributed by atoms with van der Waals surface area (Å²) < 4.78 is 7.35. The fourth-order valence-corrected chi connectivity index (χ4v) is 3.76. The molecule has 0 saturated heterocycles. The Morgan fingerprint density at radius 2 is 1.57 bits per heavy atom. The van der Waals surface area contributed by atoms with Crippen LogP contribution in [-0.2, 0) is 16.0 Å². The van der Waals surface area contributed by atoms with Crippen LogP contribution < -0.4 is 0 Å². The van der Waals surface area contributed by atoms with Gasteiger partial charge in [0.15, 0.2) is 5.78 Å². The summed E-state index contributed by atoms with van der Waals surface area (Å²) in [6.45, 7) is 1.99. The quantitative estimate of drug-likeness (QED) is 0.244. The predicted molar refractivity (Wildman–Crippen MR) is 118 cm³/mol. The molecule has 0 N–H and O–H groups in total. The number of nitrogens with zero attached hydrogens (tertiary/aromatic N) is 1. The van der Waals surface area contributed by atoms with Crippen LogP contribution in [0.1, 0.15) is 22.8 Å². The fraction of sp³-hybridized carbons (Fsp3) is 0.154. The Balaban J connectivity index is 1.74. The number of hydrogen-bond donors (Lipinski definition) is 0. The van der Waals surface area contributed by atoms with E-state index in [9.17, 15) is 9.59 Å². The van der Waals surface area contributed by atoms with E-state index >= 15 is 0 Å². The number of carbonyl (C=O) groups is 2. The number of Topliss-reactive ketones (excluding diaryl/α,β-unsaturated/α-hetero) is 1. The maximum Gasteiger partial charge on any atom is 0.317 e. The maximum atomic E-state index is 13.2. The van der Waals surface area contributed by atoms with E-state index in [4.69, 9.17) is 4.74 Å². The molecule has 1 unspecified atom stereocenters. The summed E-state index contributed by atoms with van der Waals surface area (Å²) in [6, 6.07) is 27.0. The number of fused-ring (bicyclic) bond motifs is 1. The maximum absolute atomic E-state index is 13.2. The largest absolute Gasteiger partial charge is 0.465 e. The first-order chi connectivity index (χ1) is 14.7. The van der Waals surface area contributed by atoms with Crippen molar-refractivity contribution in [2.75, 3.05) is 6.61 Å². The fourth-order valence-electron chi connectivity index (χ4n) is 3.76. The van der Waals surface area contributed by atoms with Crippen molar-refractivity contribution in [3.8, 4) is 5.69 Å². The number of hydrogen-bond acceptors (Lipinski definition) is 3. The molecule has 3 aromatic carbocycles. The van der Waals surface area contributed by atoms with Gasteiger partial charge in [-0.3, -0.25) is 9.59 Å². The molecule has 0 amide bonds. The van der Waals surface area contributed by atoms with E-state index in [-0.39, 0.29) is 18.8 Å². The van der Waals surface area contributed by atoms with Gasteiger partial charge in [0.05, 0.1) is 12.1 Å².